The molecular weight excluding hydrogens is 170 g/mol. The Labute approximate surface area is 74.1 Å². The molecule has 0 N–H and O–H groups in total. The van der Waals surface area contributed by atoms with E-state index in [2.05, 4.69) is 15.2 Å². The molecular formula is C8H7N3S. The molecule has 0 spiro atoms. The van der Waals surface area contributed by atoms with E-state index in [9.17, 15) is 0 Å². The number of aromatic nitrogens is 3. The largest absolute Gasteiger partial charge is 0.264 e. The summed E-state index contributed by atoms with van der Waals surface area (Å²) in [5.41, 5.74) is 3.90. The van der Waals surface area contributed by atoms with Crippen molar-refractivity contribution in [3.8, 4) is 10.6 Å². The van der Waals surface area contributed by atoms with E-state index in [1.807, 2.05) is 19.2 Å². The lowest BCUT2D eigenvalue weighted by molar-refractivity contribution is 1.09. The van der Waals surface area contributed by atoms with Crippen LogP contribution in [0.2, 0.25) is 0 Å². The molecule has 3 nitrogen and oxygen atoms in total. The Balaban J connectivity index is 2.48. The zero-order valence-corrected chi connectivity index (χ0v) is 7.38. The monoisotopic (exact) mass is 177 g/mol. The summed E-state index contributed by atoms with van der Waals surface area (Å²) in [5.74, 6) is 0. The predicted octanol–water partition coefficient (Wildman–Crippen LogP) is 1.91. The van der Waals surface area contributed by atoms with Gasteiger partial charge in [0.05, 0.1) is 0 Å². The number of rotatable bonds is 1. The molecule has 0 aliphatic rings. The fourth-order valence-corrected chi connectivity index (χ4v) is 1.51. The van der Waals surface area contributed by atoms with Gasteiger partial charge in [0, 0.05) is 18.0 Å². The minimum Gasteiger partial charge on any atom is -0.264 e. The van der Waals surface area contributed by atoms with Gasteiger partial charge in [-0.2, -0.15) is 0 Å². The van der Waals surface area contributed by atoms with Gasteiger partial charge >= 0.3 is 0 Å². The van der Waals surface area contributed by atoms with Crippen LogP contribution < -0.4 is 0 Å². The average molecular weight is 177 g/mol. The van der Waals surface area contributed by atoms with Crippen molar-refractivity contribution in [3.63, 3.8) is 0 Å². The van der Waals surface area contributed by atoms with Crippen molar-refractivity contribution in [2.45, 2.75) is 6.92 Å². The van der Waals surface area contributed by atoms with E-state index in [1.165, 1.54) is 11.3 Å². The highest BCUT2D eigenvalue weighted by Gasteiger charge is 2.00. The molecule has 0 amide bonds. The van der Waals surface area contributed by atoms with Gasteiger partial charge in [0.2, 0.25) is 0 Å². The first-order chi connectivity index (χ1) is 5.86. The minimum absolute atomic E-state index is 0.922. The molecule has 0 fully saturated rings. The fourth-order valence-electron chi connectivity index (χ4n) is 0.971. The molecule has 0 saturated heterocycles. The number of pyridine rings is 1. The van der Waals surface area contributed by atoms with E-state index in [-0.39, 0.29) is 0 Å². The second-order valence-electron chi connectivity index (χ2n) is 2.49. The summed E-state index contributed by atoms with van der Waals surface area (Å²) in [6, 6.07) is 2.05. The van der Waals surface area contributed by atoms with Crippen molar-refractivity contribution in [2.75, 3.05) is 0 Å². The van der Waals surface area contributed by atoms with Crippen molar-refractivity contribution in [1.29, 1.82) is 0 Å². The van der Waals surface area contributed by atoms with Crippen molar-refractivity contribution in [2.24, 2.45) is 0 Å². The standard InChI is InChI=1S/C8H7N3S/c1-6-2-7(4-9-3-6)8-11-10-5-12-8/h2-5H,1H3. The maximum Gasteiger partial charge on any atom is 0.149 e. The Morgan fingerprint density at radius 1 is 1.33 bits per heavy atom. The van der Waals surface area contributed by atoms with Crippen LogP contribution in [0, 0.1) is 6.92 Å². The van der Waals surface area contributed by atoms with E-state index >= 15 is 0 Å². The summed E-state index contributed by atoms with van der Waals surface area (Å²) >= 11 is 1.52. The van der Waals surface area contributed by atoms with Gasteiger partial charge in [-0.15, -0.1) is 10.2 Å². The van der Waals surface area contributed by atoms with Gasteiger partial charge in [0.1, 0.15) is 10.5 Å². The molecule has 2 aromatic heterocycles. The molecule has 2 heterocycles. The molecule has 0 atom stereocenters. The minimum atomic E-state index is 0.922. The molecule has 4 heteroatoms. The van der Waals surface area contributed by atoms with Crippen molar-refractivity contribution in [3.05, 3.63) is 29.5 Å². The summed E-state index contributed by atoms with van der Waals surface area (Å²) in [7, 11) is 0. The molecule has 12 heavy (non-hydrogen) atoms. The van der Waals surface area contributed by atoms with E-state index in [0.717, 1.165) is 16.1 Å². The van der Waals surface area contributed by atoms with Crippen LogP contribution >= 0.6 is 11.3 Å². The van der Waals surface area contributed by atoms with Crippen LogP contribution in [0.4, 0.5) is 0 Å². The Kier molecular flexibility index (Phi) is 1.83. The summed E-state index contributed by atoms with van der Waals surface area (Å²) in [6.45, 7) is 2.01. The van der Waals surface area contributed by atoms with Gasteiger partial charge in [-0.25, -0.2) is 0 Å². The van der Waals surface area contributed by atoms with E-state index in [4.69, 9.17) is 0 Å². The fraction of sp³-hybridized carbons (Fsp3) is 0.125. The Morgan fingerprint density at radius 3 is 2.92 bits per heavy atom. The molecule has 0 aliphatic carbocycles. The lowest BCUT2D eigenvalue weighted by Gasteiger charge is -1.94. The number of hydrogen-bond donors (Lipinski definition) is 0. The topological polar surface area (TPSA) is 38.7 Å². The Hall–Kier alpha value is -1.29. The lowest BCUT2D eigenvalue weighted by Crippen LogP contribution is -1.81. The van der Waals surface area contributed by atoms with Gasteiger partial charge in [-0.3, -0.25) is 4.98 Å². The first-order valence-corrected chi connectivity index (χ1v) is 4.42. The SMILES string of the molecule is Cc1cncc(-c2nncs2)c1. The molecule has 0 aromatic carbocycles. The molecule has 60 valence electrons. The molecule has 2 rings (SSSR count). The number of nitrogens with zero attached hydrogens (tertiary/aromatic N) is 3. The van der Waals surface area contributed by atoms with E-state index < -0.39 is 0 Å². The van der Waals surface area contributed by atoms with Gasteiger partial charge < -0.3 is 0 Å². The number of aryl methyl sites for hydroxylation is 1. The summed E-state index contributed by atoms with van der Waals surface area (Å²) in [5, 5.41) is 8.65. The summed E-state index contributed by atoms with van der Waals surface area (Å²) in [4.78, 5) is 4.08. The van der Waals surface area contributed by atoms with Crippen LogP contribution in [-0.2, 0) is 0 Å². The van der Waals surface area contributed by atoms with Gasteiger partial charge in [0.15, 0.2) is 0 Å². The Morgan fingerprint density at radius 2 is 2.25 bits per heavy atom. The second-order valence-corrected chi connectivity index (χ2v) is 3.33. The van der Waals surface area contributed by atoms with Crippen LogP contribution in [0.5, 0.6) is 0 Å². The first kappa shape index (κ1) is 7.36. The molecule has 0 radical (unpaired) electrons. The molecule has 0 bridgehead atoms. The highest BCUT2D eigenvalue weighted by molar-refractivity contribution is 7.12. The number of hydrogen-bond acceptors (Lipinski definition) is 4. The second kappa shape index (κ2) is 2.98. The highest BCUT2D eigenvalue weighted by atomic mass is 32.1. The van der Waals surface area contributed by atoms with Crippen molar-refractivity contribution >= 4 is 11.3 Å². The van der Waals surface area contributed by atoms with Gasteiger partial charge in [-0.05, 0) is 18.6 Å². The van der Waals surface area contributed by atoms with E-state index in [1.54, 1.807) is 11.7 Å². The maximum atomic E-state index is 4.08. The zero-order chi connectivity index (χ0) is 8.39. The maximum absolute atomic E-state index is 4.08. The van der Waals surface area contributed by atoms with Crippen molar-refractivity contribution < 1.29 is 0 Å². The van der Waals surface area contributed by atoms with Crippen LogP contribution in [0.1, 0.15) is 5.56 Å². The molecule has 2 aromatic rings. The van der Waals surface area contributed by atoms with Crippen LogP contribution in [-0.4, -0.2) is 15.2 Å². The third-order valence-electron chi connectivity index (χ3n) is 1.48. The highest BCUT2D eigenvalue weighted by Crippen LogP contribution is 2.19. The predicted molar refractivity (Wildman–Crippen MR) is 47.9 cm³/mol. The van der Waals surface area contributed by atoms with Crippen LogP contribution in [0.15, 0.2) is 24.0 Å². The average Bonchev–Trinajstić information content (AvgIpc) is 2.56. The summed E-state index contributed by atoms with van der Waals surface area (Å²) in [6.07, 6.45) is 3.62. The quantitative estimate of drug-likeness (QED) is 0.667. The third-order valence-corrected chi connectivity index (χ3v) is 2.22. The van der Waals surface area contributed by atoms with E-state index in [0.29, 0.717) is 0 Å². The third kappa shape index (κ3) is 1.33. The lowest BCUT2D eigenvalue weighted by atomic mass is 10.2. The smallest absolute Gasteiger partial charge is 0.149 e. The molecule has 0 saturated carbocycles. The Bertz CT molecular complexity index is 370. The van der Waals surface area contributed by atoms with Crippen LogP contribution in [0.25, 0.3) is 10.6 Å². The normalized spacial score (nSPS) is 10.1. The first-order valence-electron chi connectivity index (χ1n) is 3.54. The molecule has 0 aliphatic heterocycles. The van der Waals surface area contributed by atoms with Crippen molar-refractivity contribution in [1.82, 2.24) is 15.2 Å². The van der Waals surface area contributed by atoms with Gasteiger partial charge in [0.25, 0.3) is 0 Å². The van der Waals surface area contributed by atoms with Gasteiger partial charge in [-0.1, -0.05) is 11.3 Å². The molecule has 0 unspecified atom stereocenters. The summed E-state index contributed by atoms with van der Waals surface area (Å²) < 4.78 is 0. The zero-order valence-electron chi connectivity index (χ0n) is 6.56. The van der Waals surface area contributed by atoms with Crippen LogP contribution in [0.3, 0.4) is 0 Å².